The first kappa shape index (κ1) is 22.7. The maximum absolute atomic E-state index is 12.9. The molecule has 1 saturated heterocycles. The maximum Gasteiger partial charge on any atom is 0.295 e. The molecular formula is C24H26ClNO5. The molecule has 3 rings (SSSR count). The van der Waals surface area contributed by atoms with Gasteiger partial charge in [0.05, 0.1) is 30.4 Å². The fourth-order valence-electron chi connectivity index (χ4n) is 3.63. The van der Waals surface area contributed by atoms with Gasteiger partial charge in [-0.2, -0.15) is 0 Å². The Bertz CT molecular complexity index is 1000. The van der Waals surface area contributed by atoms with Crippen molar-refractivity contribution in [3.8, 4) is 11.5 Å². The summed E-state index contributed by atoms with van der Waals surface area (Å²) in [7, 11) is 1.47. The number of ketones is 1. The fraction of sp³-hybridized carbons (Fsp3) is 0.333. The van der Waals surface area contributed by atoms with Crippen molar-refractivity contribution in [1.29, 1.82) is 0 Å². The minimum Gasteiger partial charge on any atom is -0.507 e. The number of amides is 1. The van der Waals surface area contributed by atoms with E-state index in [2.05, 4.69) is 0 Å². The van der Waals surface area contributed by atoms with Crippen molar-refractivity contribution >= 4 is 29.1 Å². The predicted octanol–water partition coefficient (Wildman–Crippen LogP) is 4.97. The summed E-state index contributed by atoms with van der Waals surface area (Å²) in [5.74, 6) is -0.525. The van der Waals surface area contributed by atoms with Gasteiger partial charge in [0.1, 0.15) is 17.3 Å². The van der Waals surface area contributed by atoms with Crippen LogP contribution in [0.25, 0.3) is 5.76 Å². The van der Waals surface area contributed by atoms with Gasteiger partial charge in [-0.25, -0.2) is 0 Å². The van der Waals surface area contributed by atoms with Crippen LogP contribution in [-0.4, -0.2) is 42.0 Å². The van der Waals surface area contributed by atoms with Crippen molar-refractivity contribution in [3.63, 3.8) is 0 Å². The first-order valence-electron chi connectivity index (χ1n) is 10.3. The van der Waals surface area contributed by atoms with Gasteiger partial charge in [0.25, 0.3) is 11.7 Å². The lowest BCUT2D eigenvalue weighted by molar-refractivity contribution is -0.139. The average Bonchev–Trinajstić information content (AvgIpc) is 3.03. The van der Waals surface area contributed by atoms with Gasteiger partial charge in [-0.05, 0) is 48.7 Å². The molecule has 0 aromatic heterocycles. The SMILES string of the molecule is CCCOc1ccc(C2/C(=C(/O)c3ccc(Cl)c(OC)c3)C(=O)C(=O)N2CCC)cc1. The van der Waals surface area contributed by atoms with Crippen molar-refractivity contribution in [3.05, 3.63) is 64.2 Å². The zero-order valence-corrected chi connectivity index (χ0v) is 18.6. The van der Waals surface area contributed by atoms with E-state index in [1.54, 1.807) is 18.2 Å². The quantitative estimate of drug-likeness (QED) is 0.354. The molecule has 0 bridgehead atoms. The molecule has 0 spiro atoms. The summed E-state index contributed by atoms with van der Waals surface area (Å²) in [6.45, 7) is 4.95. The van der Waals surface area contributed by atoms with Gasteiger partial charge in [0, 0.05) is 12.1 Å². The summed E-state index contributed by atoms with van der Waals surface area (Å²) < 4.78 is 10.9. The molecule has 164 valence electrons. The molecule has 1 aliphatic heterocycles. The summed E-state index contributed by atoms with van der Waals surface area (Å²) in [4.78, 5) is 27.2. The predicted molar refractivity (Wildman–Crippen MR) is 120 cm³/mol. The molecule has 31 heavy (non-hydrogen) atoms. The largest absolute Gasteiger partial charge is 0.507 e. The number of carbonyl (C=O) groups excluding carboxylic acids is 2. The molecule has 1 atom stereocenters. The Labute approximate surface area is 187 Å². The third-order valence-corrected chi connectivity index (χ3v) is 5.41. The second kappa shape index (κ2) is 9.88. The molecule has 1 N–H and O–H groups in total. The van der Waals surface area contributed by atoms with Gasteiger partial charge in [-0.15, -0.1) is 0 Å². The van der Waals surface area contributed by atoms with Crippen LogP contribution in [0, 0.1) is 0 Å². The van der Waals surface area contributed by atoms with Crippen LogP contribution in [0.15, 0.2) is 48.0 Å². The van der Waals surface area contributed by atoms with E-state index in [1.165, 1.54) is 12.0 Å². The van der Waals surface area contributed by atoms with E-state index in [-0.39, 0.29) is 11.3 Å². The molecule has 1 fully saturated rings. The molecular weight excluding hydrogens is 418 g/mol. The zero-order valence-electron chi connectivity index (χ0n) is 17.9. The molecule has 0 radical (unpaired) electrons. The van der Waals surface area contributed by atoms with E-state index in [1.807, 2.05) is 38.1 Å². The molecule has 1 unspecified atom stereocenters. The highest BCUT2D eigenvalue weighted by molar-refractivity contribution is 6.46. The number of likely N-dealkylation sites (tertiary alicyclic amines) is 1. The Morgan fingerprint density at radius 3 is 2.42 bits per heavy atom. The number of aliphatic hydroxyl groups is 1. The van der Waals surface area contributed by atoms with Crippen molar-refractivity contribution in [2.24, 2.45) is 0 Å². The second-order valence-corrected chi connectivity index (χ2v) is 7.67. The number of benzene rings is 2. The monoisotopic (exact) mass is 443 g/mol. The first-order valence-corrected chi connectivity index (χ1v) is 10.7. The van der Waals surface area contributed by atoms with Crippen LogP contribution in [0.1, 0.15) is 43.9 Å². The third-order valence-electron chi connectivity index (χ3n) is 5.10. The molecule has 6 nitrogen and oxygen atoms in total. The van der Waals surface area contributed by atoms with E-state index < -0.39 is 17.7 Å². The number of halogens is 1. The minimum atomic E-state index is -0.712. The fourth-order valence-corrected chi connectivity index (χ4v) is 3.82. The summed E-state index contributed by atoms with van der Waals surface area (Å²) in [5, 5.41) is 11.4. The summed E-state index contributed by atoms with van der Waals surface area (Å²) in [6, 6.07) is 11.3. The second-order valence-electron chi connectivity index (χ2n) is 7.26. The van der Waals surface area contributed by atoms with Gasteiger partial charge < -0.3 is 19.5 Å². The normalized spacial score (nSPS) is 17.8. The minimum absolute atomic E-state index is 0.0463. The lowest BCUT2D eigenvalue weighted by atomic mass is 9.95. The molecule has 2 aromatic carbocycles. The number of rotatable bonds is 8. The van der Waals surface area contributed by atoms with Crippen LogP contribution in [-0.2, 0) is 9.59 Å². The van der Waals surface area contributed by atoms with E-state index in [4.69, 9.17) is 21.1 Å². The van der Waals surface area contributed by atoms with Crippen LogP contribution in [0.3, 0.4) is 0 Å². The van der Waals surface area contributed by atoms with E-state index in [0.29, 0.717) is 41.7 Å². The first-order chi connectivity index (χ1) is 14.9. The highest BCUT2D eigenvalue weighted by atomic mass is 35.5. The number of carbonyl (C=O) groups is 2. The Balaban J connectivity index is 2.10. The van der Waals surface area contributed by atoms with Gasteiger partial charge in [-0.3, -0.25) is 9.59 Å². The smallest absolute Gasteiger partial charge is 0.295 e. The highest BCUT2D eigenvalue weighted by Gasteiger charge is 2.45. The number of hydrogen-bond acceptors (Lipinski definition) is 5. The molecule has 0 saturated carbocycles. The molecule has 2 aromatic rings. The third kappa shape index (κ3) is 4.54. The molecule has 1 amide bonds. The maximum atomic E-state index is 12.9. The van der Waals surface area contributed by atoms with Crippen molar-refractivity contribution < 1.29 is 24.2 Å². The van der Waals surface area contributed by atoms with Crippen molar-refractivity contribution in [2.45, 2.75) is 32.7 Å². The number of methoxy groups -OCH3 is 1. The summed E-state index contributed by atoms with van der Waals surface area (Å²) in [6.07, 6.45) is 1.57. The molecule has 1 aliphatic rings. The number of ether oxygens (including phenoxy) is 2. The molecule has 1 heterocycles. The van der Waals surface area contributed by atoms with Gasteiger partial charge >= 0.3 is 0 Å². The Hall–Kier alpha value is -2.99. The summed E-state index contributed by atoms with van der Waals surface area (Å²) in [5.41, 5.74) is 1.12. The number of Topliss-reactive ketones (excluding diaryl/α,β-unsaturated/α-hetero) is 1. The topological polar surface area (TPSA) is 76.1 Å². The van der Waals surface area contributed by atoms with Crippen LogP contribution in [0.4, 0.5) is 0 Å². The number of nitrogens with zero attached hydrogens (tertiary/aromatic N) is 1. The van der Waals surface area contributed by atoms with Crippen molar-refractivity contribution in [2.75, 3.05) is 20.3 Å². The Kier molecular flexibility index (Phi) is 7.23. The Morgan fingerprint density at radius 2 is 1.81 bits per heavy atom. The average molecular weight is 444 g/mol. The van der Waals surface area contributed by atoms with Gasteiger partial charge in [-0.1, -0.05) is 37.6 Å². The standard InChI is InChI=1S/C24H26ClNO5/c1-4-12-26-21(15-6-9-17(10-7-15)31-13-5-2)20(23(28)24(26)29)22(27)16-8-11-18(25)19(14-16)30-3/h6-11,14,21,27H,4-5,12-13H2,1-3H3/b22-20-. The van der Waals surface area contributed by atoms with Crippen LogP contribution >= 0.6 is 11.6 Å². The van der Waals surface area contributed by atoms with Gasteiger partial charge in [0.2, 0.25) is 0 Å². The van der Waals surface area contributed by atoms with E-state index in [9.17, 15) is 14.7 Å². The Morgan fingerprint density at radius 1 is 1.10 bits per heavy atom. The highest BCUT2D eigenvalue weighted by Crippen LogP contribution is 2.40. The van der Waals surface area contributed by atoms with E-state index in [0.717, 1.165) is 12.0 Å². The number of hydrogen-bond donors (Lipinski definition) is 1. The van der Waals surface area contributed by atoms with Crippen LogP contribution < -0.4 is 9.47 Å². The lowest BCUT2D eigenvalue weighted by Crippen LogP contribution is -2.30. The van der Waals surface area contributed by atoms with E-state index >= 15 is 0 Å². The van der Waals surface area contributed by atoms with Crippen molar-refractivity contribution in [1.82, 2.24) is 4.90 Å². The molecule has 0 aliphatic carbocycles. The van der Waals surface area contributed by atoms with Gasteiger partial charge in [0.15, 0.2) is 0 Å². The van der Waals surface area contributed by atoms with Crippen LogP contribution in [0.2, 0.25) is 5.02 Å². The summed E-state index contributed by atoms with van der Waals surface area (Å²) >= 11 is 6.09. The molecule has 7 heteroatoms. The number of aliphatic hydroxyl groups excluding tert-OH is 1. The zero-order chi connectivity index (χ0) is 22.5. The lowest BCUT2D eigenvalue weighted by Gasteiger charge is -2.25. The van der Waals surface area contributed by atoms with Crippen LogP contribution in [0.5, 0.6) is 11.5 Å².